The Balaban J connectivity index is 1.87. The SMILES string of the molecule is C[C@H](N)COC1CC1. The van der Waals surface area contributed by atoms with Gasteiger partial charge in [-0.2, -0.15) is 0 Å². The van der Waals surface area contributed by atoms with Gasteiger partial charge in [0.2, 0.25) is 0 Å². The summed E-state index contributed by atoms with van der Waals surface area (Å²) in [4.78, 5) is 0. The van der Waals surface area contributed by atoms with E-state index in [1.54, 1.807) is 0 Å². The van der Waals surface area contributed by atoms with E-state index in [0.29, 0.717) is 6.10 Å². The first-order valence-electron chi connectivity index (χ1n) is 3.16. The molecule has 0 amide bonds. The second-order valence-electron chi connectivity index (χ2n) is 2.51. The van der Waals surface area contributed by atoms with Crippen LogP contribution in [0.1, 0.15) is 19.8 Å². The summed E-state index contributed by atoms with van der Waals surface area (Å²) < 4.78 is 5.29. The van der Waals surface area contributed by atoms with Crippen LogP contribution in [0.5, 0.6) is 0 Å². The van der Waals surface area contributed by atoms with Gasteiger partial charge in [-0.3, -0.25) is 0 Å². The lowest BCUT2D eigenvalue weighted by Crippen LogP contribution is -2.22. The minimum Gasteiger partial charge on any atom is -0.377 e. The Bertz CT molecular complexity index is 66.9. The number of hydrogen-bond acceptors (Lipinski definition) is 2. The second kappa shape index (κ2) is 2.46. The highest BCUT2D eigenvalue weighted by atomic mass is 16.5. The van der Waals surface area contributed by atoms with E-state index in [-0.39, 0.29) is 6.04 Å². The molecule has 0 aromatic carbocycles. The Hall–Kier alpha value is -0.0800. The Morgan fingerprint density at radius 3 is 2.75 bits per heavy atom. The smallest absolute Gasteiger partial charge is 0.0618 e. The highest BCUT2D eigenvalue weighted by Gasteiger charge is 2.21. The molecule has 48 valence electrons. The molecule has 1 atom stereocenters. The van der Waals surface area contributed by atoms with Gasteiger partial charge in [-0.25, -0.2) is 0 Å². The van der Waals surface area contributed by atoms with Crippen molar-refractivity contribution < 1.29 is 4.74 Å². The maximum absolute atomic E-state index is 5.44. The van der Waals surface area contributed by atoms with Crippen molar-refractivity contribution in [3.8, 4) is 0 Å². The van der Waals surface area contributed by atoms with Gasteiger partial charge in [-0.1, -0.05) is 0 Å². The summed E-state index contributed by atoms with van der Waals surface area (Å²) in [6.45, 7) is 2.69. The summed E-state index contributed by atoms with van der Waals surface area (Å²) in [6.07, 6.45) is 3.04. The molecule has 0 aromatic heterocycles. The lowest BCUT2D eigenvalue weighted by Gasteiger charge is -2.03. The quantitative estimate of drug-likeness (QED) is 0.581. The molecule has 0 aromatic rings. The lowest BCUT2D eigenvalue weighted by atomic mass is 10.4. The van der Waals surface area contributed by atoms with E-state index in [1.807, 2.05) is 6.92 Å². The zero-order valence-corrected chi connectivity index (χ0v) is 5.26. The third-order valence-electron chi connectivity index (χ3n) is 1.12. The highest BCUT2D eigenvalue weighted by molar-refractivity contribution is 4.73. The van der Waals surface area contributed by atoms with Crippen molar-refractivity contribution in [2.45, 2.75) is 31.9 Å². The van der Waals surface area contributed by atoms with Gasteiger partial charge in [0.15, 0.2) is 0 Å². The van der Waals surface area contributed by atoms with Crippen molar-refractivity contribution in [2.75, 3.05) is 6.61 Å². The molecular weight excluding hydrogens is 102 g/mol. The van der Waals surface area contributed by atoms with Crippen molar-refractivity contribution >= 4 is 0 Å². The van der Waals surface area contributed by atoms with Crippen LogP contribution in [0.25, 0.3) is 0 Å². The molecule has 0 radical (unpaired) electrons. The first kappa shape index (κ1) is 6.05. The van der Waals surface area contributed by atoms with E-state index < -0.39 is 0 Å². The van der Waals surface area contributed by atoms with Crippen LogP contribution in [0, 0.1) is 0 Å². The number of nitrogens with two attached hydrogens (primary N) is 1. The van der Waals surface area contributed by atoms with Crippen molar-refractivity contribution in [1.82, 2.24) is 0 Å². The molecular formula is C6H13NO. The summed E-state index contributed by atoms with van der Waals surface area (Å²) in [7, 11) is 0. The van der Waals surface area contributed by atoms with E-state index in [4.69, 9.17) is 10.5 Å². The van der Waals surface area contributed by atoms with Crippen LogP contribution >= 0.6 is 0 Å². The highest BCUT2D eigenvalue weighted by Crippen LogP contribution is 2.23. The molecule has 0 unspecified atom stereocenters. The molecule has 1 aliphatic rings. The summed E-state index contributed by atoms with van der Waals surface area (Å²) in [5, 5.41) is 0. The minimum atomic E-state index is 0.204. The normalized spacial score (nSPS) is 23.2. The first-order chi connectivity index (χ1) is 3.79. The Kier molecular flexibility index (Phi) is 1.86. The zero-order chi connectivity index (χ0) is 5.98. The predicted molar refractivity (Wildman–Crippen MR) is 32.6 cm³/mol. The monoisotopic (exact) mass is 115 g/mol. The number of ether oxygens (including phenoxy) is 1. The topological polar surface area (TPSA) is 35.2 Å². The second-order valence-corrected chi connectivity index (χ2v) is 2.51. The van der Waals surface area contributed by atoms with Gasteiger partial charge < -0.3 is 10.5 Å². The van der Waals surface area contributed by atoms with Crippen LogP contribution in [0.2, 0.25) is 0 Å². The van der Waals surface area contributed by atoms with Crippen LogP contribution in [0.4, 0.5) is 0 Å². The van der Waals surface area contributed by atoms with E-state index >= 15 is 0 Å². The maximum atomic E-state index is 5.44. The molecule has 0 aliphatic heterocycles. The summed E-state index contributed by atoms with van der Waals surface area (Å²) >= 11 is 0. The molecule has 1 fully saturated rings. The molecule has 0 saturated heterocycles. The maximum Gasteiger partial charge on any atom is 0.0618 e. The predicted octanol–water partition coefficient (Wildman–Crippen LogP) is 0.513. The van der Waals surface area contributed by atoms with Crippen molar-refractivity contribution in [2.24, 2.45) is 5.73 Å². The van der Waals surface area contributed by atoms with Crippen molar-refractivity contribution in [3.63, 3.8) is 0 Å². The van der Waals surface area contributed by atoms with Crippen LogP contribution in [-0.2, 0) is 4.74 Å². The molecule has 1 saturated carbocycles. The van der Waals surface area contributed by atoms with Gasteiger partial charge in [0.25, 0.3) is 0 Å². The summed E-state index contributed by atoms with van der Waals surface area (Å²) in [6, 6.07) is 0.204. The average molecular weight is 115 g/mol. The van der Waals surface area contributed by atoms with Gasteiger partial charge in [-0.15, -0.1) is 0 Å². The van der Waals surface area contributed by atoms with E-state index in [0.717, 1.165) is 6.61 Å². The summed E-state index contributed by atoms with van der Waals surface area (Å²) in [5.41, 5.74) is 5.44. The van der Waals surface area contributed by atoms with E-state index in [2.05, 4.69) is 0 Å². The number of rotatable bonds is 3. The third-order valence-corrected chi connectivity index (χ3v) is 1.12. The van der Waals surface area contributed by atoms with Crippen LogP contribution in [0.3, 0.4) is 0 Å². The van der Waals surface area contributed by atoms with Gasteiger partial charge >= 0.3 is 0 Å². The molecule has 8 heavy (non-hydrogen) atoms. The molecule has 2 N–H and O–H groups in total. The Morgan fingerprint density at radius 2 is 2.38 bits per heavy atom. The van der Waals surface area contributed by atoms with Gasteiger partial charge in [-0.05, 0) is 19.8 Å². The van der Waals surface area contributed by atoms with E-state index in [9.17, 15) is 0 Å². The Morgan fingerprint density at radius 1 is 1.75 bits per heavy atom. The fraction of sp³-hybridized carbons (Fsp3) is 1.00. The van der Waals surface area contributed by atoms with E-state index in [1.165, 1.54) is 12.8 Å². The number of hydrogen-bond donors (Lipinski definition) is 1. The Labute approximate surface area is 50.0 Å². The van der Waals surface area contributed by atoms with Crippen molar-refractivity contribution in [3.05, 3.63) is 0 Å². The van der Waals surface area contributed by atoms with Gasteiger partial charge in [0.1, 0.15) is 0 Å². The van der Waals surface area contributed by atoms with Crippen LogP contribution < -0.4 is 5.73 Å². The summed E-state index contributed by atoms with van der Waals surface area (Å²) in [5.74, 6) is 0. The average Bonchev–Trinajstić information content (AvgIpc) is 2.41. The van der Waals surface area contributed by atoms with Gasteiger partial charge in [0, 0.05) is 6.04 Å². The molecule has 1 rings (SSSR count). The largest absolute Gasteiger partial charge is 0.377 e. The molecule has 2 nitrogen and oxygen atoms in total. The molecule has 1 aliphatic carbocycles. The third kappa shape index (κ3) is 2.28. The molecule has 0 bridgehead atoms. The fourth-order valence-electron chi connectivity index (χ4n) is 0.523. The lowest BCUT2D eigenvalue weighted by molar-refractivity contribution is 0.110. The van der Waals surface area contributed by atoms with Crippen LogP contribution in [-0.4, -0.2) is 18.8 Å². The molecule has 0 spiro atoms. The molecule has 2 heteroatoms. The minimum absolute atomic E-state index is 0.204. The van der Waals surface area contributed by atoms with Crippen molar-refractivity contribution in [1.29, 1.82) is 0 Å². The first-order valence-corrected chi connectivity index (χ1v) is 3.16. The van der Waals surface area contributed by atoms with Gasteiger partial charge in [0.05, 0.1) is 12.7 Å². The zero-order valence-electron chi connectivity index (χ0n) is 5.26. The van der Waals surface area contributed by atoms with Crippen LogP contribution in [0.15, 0.2) is 0 Å². The standard InChI is InChI=1S/C6H13NO/c1-5(7)4-8-6-2-3-6/h5-6H,2-4,7H2,1H3/t5-/m0/s1. The fourth-order valence-corrected chi connectivity index (χ4v) is 0.523. The molecule has 0 heterocycles.